The molecule has 1 saturated heterocycles. The van der Waals surface area contributed by atoms with Gasteiger partial charge in [0.15, 0.2) is 0 Å². The van der Waals surface area contributed by atoms with E-state index in [1.807, 2.05) is 13.0 Å². The van der Waals surface area contributed by atoms with Crippen molar-refractivity contribution in [3.8, 4) is 0 Å². The Hall–Kier alpha value is -0.470. The molecule has 0 amide bonds. The van der Waals surface area contributed by atoms with Gasteiger partial charge in [-0.2, -0.15) is 0 Å². The molecule has 2 unspecified atom stereocenters. The lowest BCUT2D eigenvalue weighted by atomic mass is 10.2. The maximum atomic E-state index is 12.3. The van der Waals surface area contributed by atoms with Gasteiger partial charge in [0.25, 0.3) is 0 Å². The Bertz CT molecular complexity index is 566. The highest BCUT2D eigenvalue weighted by atomic mass is 32.2. The minimum absolute atomic E-state index is 0.0549. The van der Waals surface area contributed by atoms with E-state index < -0.39 is 10.0 Å². The zero-order chi connectivity index (χ0) is 14.2. The van der Waals surface area contributed by atoms with E-state index in [0.717, 1.165) is 17.8 Å². The van der Waals surface area contributed by atoms with Gasteiger partial charge in [-0.3, -0.25) is 0 Å². The van der Waals surface area contributed by atoms with Gasteiger partial charge in [-0.15, -0.1) is 11.3 Å². The molecule has 20 heavy (non-hydrogen) atoms. The first kappa shape index (κ1) is 14.5. The summed E-state index contributed by atoms with van der Waals surface area (Å²) in [6.07, 6.45) is 3.15. The first-order valence-electron chi connectivity index (χ1n) is 7.00. The van der Waals surface area contributed by atoms with Crippen LogP contribution in [0.3, 0.4) is 0 Å². The predicted octanol–water partition coefficient (Wildman–Crippen LogP) is 1.46. The molecule has 0 radical (unpaired) electrons. The molecule has 7 heteroatoms. The van der Waals surface area contributed by atoms with Crippen molar-refractivity contribution in [3.63, 3.8) is 0 Å². The molecule has 2 aliphatic rings. The summed E-state index contributed by atoms with van der Waals surface area (Å²) in [4.78, 5) is 1.06. The topological polar surface area (TPSA) is 67.4 Å². The minimum atomic E-state index is -3.42. The van der Waals surface area contributed by atoms with Crippen LogP contribution in [0.5, 0.6) is 0 Å². The second kappa shape index (κ2) is 5.73. The highest BCUT2D eigenvalue weighted by molar-refractivity contribution is 7.91. The number of hydrogen-bond donors (Lipinski definition) is 2. The van der Waals surface area contributed by atoms with Crippen LogP contribution in [0.2, 0.25) is 0 Å². The Morgan fingerprint density at radius 1 is 1.35 bits per heavy atom. The SMILES string of the molecule is CC1OCCC1NS(=O)(=O)c1ccc(CNC2CC2)s1. The van der Waals surface area contributed by atoms with Crippen LogP contribution < -0.4 is 10.0 Å². The molecule has 1 saturated carbocycles. The molecule has 112 valence electrons. The van der Waals surface area contributed by atoms with Gasteiger partial charge < -0.3 is 10.1 Å². The molecule has 1 aliphatic heterocycles. The van der Waals surface area contributed by atoms with E-state index in [-0.39, 0.29) is 12.1 Å². The van der Waals surface area contributed by atoms with Gasteiger partial charge in [0.2, 0.25) is 10.0 Å². The van der Waals surface area contributed by atoms with Crippen molar-refractivity contribution in [3.05, 3.63) is 17.0 Å². The molecule has 2 atom stereocenters. The average Bonchev–Trinajstić information content (AvgIpc) is 2.95. The quantitative estimate of drug-likeness (QED) is 0.834. The first-order valence-corrected chi connectivity index (χ1v) is 9.30. The molecule has 2 heterocycles. The van der Waals surface area contributed by atoms with Crippen LogP contribution in [0.1, 0.15) is 31.1 Å². The van der Waals surface area contributed by atoms with Crippen molar-refractivity contribution in [1.29, 1.82) is 0 Å². The molecular formula is C13H20N2O3S2. The van der Waals surface area contributed by atoms with Crippen LogP contribution in [-0.4, -0.2) is 33.2 Å². The fraction of sp³-hybridized carbons (Fsp3) is 0.692. The number of hydrogen-bond acceptors (Lipinski definition) is 5. The molecule has 2 fully saturated rings. The summed E-state index contributed by atoms with van der Waals surface area (Å²) in [5.74, 6) is 0. The molecule has 2 N–H and O–H groups in total. The van der Waals surface area contributed by atoms with Crippen molar-refractivity contribution in [2.75, 3.05) is 6.61 Å². The number of rotatable bonds is 6. The molecule has 0 aromatic carbocycles. The maximum Gasteiger partial charge on any atom is 0.250 e. The summed E-state index contributed by atoms with van der Waals surface area (Å²) in [6.45, 7) is 3.28. The van der Waals surface area contributed by atoms with Crippen LogP contribution in [0, 0.1) is 0 Å². The first-order chi connectivity index (χ1) is 9.54. The van der Waals surface area contributed by atoms with Crippen molar-refractivity contribution < 1.29 is 13.2 Å². The average molecular weight is 316 g/mol. The molecule has 3 rings (SSSR count). The third-order valence-electron chi connectivity index (χ3n) is 3.73. The fourth-order valence-electron chi connectivity index (χ4n) is 2.27. The summed E-state index contributed by atoms with van der Waals surface area (Å²) in [7, 11) is -3.42. The third-order valence-corrected chi connectivity index (χ3v) is 6.79. The second-order valence-electron chi connectivity index (χ2n) is 5.47. The van der Waals surface area contributed by atoms with Gasteiger partial charge in [0, 0.05) is 24.1 Å². The monoisotopic (exact) mass is 316 g/mol. The summed E-state index contributed by atoms with van der Waals surface area (Å²) < 4.78 is 33.2. The molecule has 5 nitrogen and oxygen atoms in total. The molecule has 1 aromatic heterocycles. The van der Waals surface area contributed by atoms with Crippen LogP contribution in [0.15, 0.2) is 16.3 Å². The second-order valence-corrected chi connectivity index (χ2v) is 8.58. The summed E-state index contributed by atoms with van der Waals surface area (Å²) in [6, 6.07) is 4.10. The van der Waals surface area contributed by atoms with Crippen molar-refractivity contribution >= 4 is 21.4 Å². The number of thiophene rings is 1. The summed E-state index contributed by atoms with van der Waals surface area (Å²) >= 11 is 1.34. The van der Waals surface area contributed by atoms with E-state index in [0.29, 0.717) is 16.9 Å². The number of sulfonamides is 1. The largest absolute Gasteiger partial charge is 0.377 e. The van der Waals surface area contributed by atoms with Gasteiger partial charge in [0.05, 0.1) is 12.1 Å². The van der Waals surface area contributed by atoms with Gasteiger partial charge in [-0.25, -0.2) is 13.1 Å². The van der Waals surface area contributed by atoms with Crippen molar-refractivity contribution in [1.82, 2.24) is 10.0 Å². The Morgan fingerprint density at radius 2 is 2.15 bits per heavy atom. The fourth-order valence-corrected chi connectivity index (χ4v) is 4.94. The molecular weight excluding hydrogens is 296 g/mol. The standard InChI is InChI=1S/C13H20N2O3S2/c1-9-12(6-7-18-9)15-20(16,17)13-5-4-11(19-13)8-14-10-2-3-10/h4-5,9-10,12,14-15H,2-3,6-8H2,1H3. The van der Waals surface area contributed by atoms with E-state index >= 15 is 0 Å². The zero-order valence-corrected chi connectivity index (χ0v) is 13.1. The Morgan fingerprint density at radius 3 is 2.80 bits per heavy atom. The summed E-state index contributed by atoms with van der Waals surface area (Å²) in [5.41, 5.74) is 0. The Balaban J connectivity index is 1.63. The van der Waals surface area contributed by atoms with Crippen LogP contribution >= 0.6 is 11.3 Å². The van der Waals surface area contributed by atoms with E-state index in [2.05, 4.69) is 10.0 Å². The van der Waals surface area contributed by atoms with Crippen molar-refractivity contribution in [2.24, 2.45) is 0 Å². The Kier molecular flexibility index (Phi) is 4.14. The van der Waals surface area contributed by atoms with Crippen LogP contribution in [0.25, 0.3) is 0 Å². The van der Waals surface area contributed by atoms with E-state index in [4.69, 9.17) is 4.74 Å². The van der Waals surface area contributed by atoms with Crippen molar-refractivity contribution in [2.45, 2.75) is 55.1 Å². The molecule has 1 aliphatic carbocycles. The van der Waals surface area contributed by atoms with Gasteiger partial charge in [-0.05, 0) is 38.3 Å². The van der Waals surface area contributed by atoms with Crippen LogP contribution in [0.4, 0.5) is 0 Å². The van der Waals surface area contributed by atoms with E-state index in [9.17, 15) is 8.42 Å². The summed E-state index contributed by atoms with van der Waals surface area (Å²) in [5, 5.41) is 3.39. The van der Waals surface area contributed by atoms with E-state index in [1.165, 1.54) is 24.2 Å². The van der Waals surface area contributed by atoms with E-state index in [1.54, 1.807) is 6.07 Å². The normalized spacial score (nSPS) is 27.1. The predicted molar refractivity (Wildman–Crippen MR) is 78.3 cm³/mol. The highest BCUT2D eigenvalue weighted by Gasteiger charge is 2.30. The smallest absolute Gasteiger partial charge is 0.250 e. The van der Waals surface area contributed by atoms with Gasteiger partial charge in [-0.1, -0.05) is 0 Å². The van der Waals surface area contributed by atoms with Gasteiger partial charge in [0.1, 0.15) is 4.21 Å². The lowest BCUT2D eigenvalue weighted by Gasteiger charge is -2.15. The number of nitrogens with one attached hydrogen (secondary N) is 2. The minimum Gasteiger partial charge on any atom is -0.377 e. The molecule has 0 spiro atoms. The lowest BCUT2D eigenvalue weighted by Crippen LogP contribution is -2.38. The Labute approximate surface area is 123 Å². The third kappa shape index (κ3) is 3.40. The zero-order valence-electron chi connectivity index (χ0n) is 11.5. The number of ether oxygens (including phenoxy) is 1. The van der Waals surface area contributed by atoms with Crippen LogP contribution in [-0.2, 0) is 21.3 Å². The highest BCUT2D eigenvalue weighted by Crippen LogP contribution is 2.25. The maximum absolute atomic E-state index is 12.3. The molecule has 1 aromatic rings. The molecule has 0 bridgehead atoms. The van der Waals surface area contributed by atoms with Gasteiger partial charge >= 0.3 is 0 Å². The lowest BCUT2D eigenvalue weighted by molar-refractivity contribution is 0.117.